The van der Waals surface area contributed by atoms with Crippen molar-refractivity contribution >= 4 is 34.3 Å². The zero-order chi connectivity index (χ0) is 21.5. The molecule has 3 aromatic rings. The molecule has 158 valence electrons. The lowest BCUT2D eigenvalue weighted by Gasteiger charge is -2.14. The third-order valence-electron chi connectivity index (χ3n) is 4.31. The molecule has 0 aliphatic heterocycles. The van der Waals surface area contributed by atoms with Crippen LogP contribution < -0.4 is 20.3 Å². The molecule has 1 amide bonds. The number of rotatable bonds is 9. The third-order valence-corrected chi connectivity index (χ3v) is 5.29. The molecule has 0 aliphatic carbocycles. The van der Waals surface area contributed by atoms with Crippen molar-refractivity contribution in [1.29, 1.82) is 0 Å². The number of fused-ring (bicyclic) bond motifs is 1. The van der Waals surface area contributed by atoms with Crippen LogP contribution in [-0.4, -0.2) is 34.4 Å². The molecule has 0 saturated heterocycles. The predicted molar refractivity (Wildman–Crippen MR) is 120 cm³/mol. The number of thioether (sulfide) groups is 1. The van der Waals surface area contributed by atoms with Gasteiger partial charge in [0.15, 0.2) is 5.16 Å². The third kappa shape index (κ3) is 4.94. The van der Waals surface area contributed by atoms with Crippen molar-refractivity contribution in [2.24, 2.45) is 0 Å². The van der Waals surface area contributed by atoms with Gasteiger partial charge in [0.1, 0.15) is 11.5 Å². The van der Waals surface area contributed by atoms with Crippen molar-refractivity contribution in [2.45, 2.75) is 32.5 Å². The van der Waals surface area contributed by atoms with E-state index >= 15 is 0 Å². The van der Waals surface area contributed by atoms with Crippen molar-refractivity contribution in [3.8, 4) is 11.5 Å². The first-order valence-electron chi connectivity index (χ1n) is 9.89. The first-order valence-corrected chi connectivity index (χ1v) is 10.9. The highest BCUT2D eigenvalue weighted by Gasteiger charge is 2.14. The number of hydrogen-bond donors (Lipinski definition) is 1. The summed E-state index contributed by atoms with van der Waals surface area (Å²) in [4.78, 5) is 29.9. The Morgan fingerprint density at radius 3 is 2.60 bits per heavy atom. The fourth-order valence-electron chi connectivity index (χ4n) is 3.00. The maximum atomic E-state index is 12.7. The summed E-state index contributed by atoms with van der Waals surface area (Å²) in [5, 5.41) is 3.96. The molecular weight excluding hydrogens is 402 g/mol. The Bertz CT molecular complexity index is 1100. The standard InChI is InChI=1S/C22H25N3O4S/c1-4-25-21(27)16-9-7-8-10-17(16)24-22(25)30-14-20(26)23-18-13-15(28-5-2)11-12-19(18)29-6-3/h7-13H,4-6,14H2,1-3H3,(H,23,26). The quantitative estimate of drug-likeness (QED) is 0.411. The summed E-state index contributed by atoms with van der Waals surface area (Å²) in [6.45, 7) is 7.15. The number of hydrogen-bond acceptors (Lipinski definition) is 6. The molecule has 1 aromatic heterocycles. The molecule has 0 unspecified atom stereocenters. The number of amides is 1. The van der Waals surface area contributed by atoms with E-state index in [2.05, 4.69) is 10.3 Å². The Morgan fingerprint density at radius 1 is 1.10 bits per heavy atom. The number of carbonyl (C=O) groups excluding carboxylic acids is 1. The van der Waals surface area contributed by atoms with Crippen LogP contribution in [0.25, 0.3) is 10.9 Å². The molecule has 0 aliphatic rings. The summed E-state index contributed by atoms with van der Waals surface area (Å²) in [5.41, 5.74) is 1.07. The van der Waals surface area contributed by atoms with Gasteiger partial charge >= 0.3 is 0 Å². The van der Waals surface area contributed by atoms with Crippen molar-refractivity contribution in [1.82, 2.24) is 9.55 Å². The van der Waals surface area contributed by atoms with Gasteiger partial charge in [-0.2, -0.15) is 0 Å². The molecule has 8 heteroatoms. The molecule has 0 spiro atoms. The van der Waals surface area contributed by atoms with Crippen molar-refractivity contribution < 1.29 is 14.3 Å². The van der Waals surface area contributed by atoms with E-state index < -0.39 is 0 Å². The highest BCUT2D eigenvalue weighted by Crippen LogP contribution is 2.30. The summed E-state index contributed by atoms with van der Waals surface area (Å²) in [6.07, 6.45) is 0. The average molecular weight is 428 g/mol. The number of nitrogens with one attached hydrogen (secondary N) is 1. The average Bonchev–Trinajstić information content (AvgIpc) is 2.74. The summed E-state index contributed by atoms with van der Waals surface area (Å²) in [6, 6.07) is 12.5. The number of aromatic nitrogens is 2. The fourth-order valence-corrected chi connectivity index (χ4v) is 3.86. The lowest BCUT2D eigenvalue weighted by Crippen LogP contribution is -2.23. The van der Waals surface area contributed by atoms with E-state index in [4.69, 9.17) is 9.47 Å². The highest BCUT2D eigenvalue weighted by atomic mass is 32.2. The number of anilines is 1. The van der Waals surface area contributed by atoms with Crippen LogP contribution in [0.1, 0.15) is 20.8 Å². The van der Waals surface area contributed by atoms with Gasteiger partial charge in [-0.25, -0.2) is 4.98 Å². The second-order valence-corrected chi connectivity index (χ2v) is 7.26. The second kappa shape index (κ2) is 10.2. The predicted octanol–water partition coefficient (Wildman–Crippen LogP) is 3.94. The number of carbonyl (C=O) groups is 1. The van der Waals surface area contributed by atoms with Gasteiger partial charge in [-0.3, -0.25) is 14.2 Å². The summed E-state index contributed by atoms with van der Waals surface area (Å²) in [5.74, 6) is 1.11. The molecular formula is C22H25N3O4S. The van der Waals surface area contributed by atoms with E-state index in [9.17, 15) is 9.59 Å². The van der Waals surface area contributed by atoms with Crippen LogP contribution >= 0.6 is 11.8 Å². The van der Waals surface area contributed by atoms with Crippen molar-refractivity contribution in [3.63, 3.8) is 0 Å². The van der Waals surface area contributed by atoms with Crippen LogP contribution in [-0.2, 0) is 11.3 Å². The zero-order valence-electron chi connectivity index (χ0n) is 17.3. The summed E-state index contributed by atoms with van der Waals surface area (Å²) >= 11 is 1.23. The SMILES string of the molecule is CCOc1ccc(OCC)c(NC(=O)CSc2nc3ccccc3c(=O)n2CC)c1. The molecule has 0 fully saturated rings. The van der Waals surface area contributed by atoms with Gasteiger partial charge in [0, 0.05) is 12.6 Å². The van der Waals surface area contributed by atoms with E-state index in [1.807, 2.05) is 32.9 Å². The van der Waals surface area contributed by atoms with Crippen LogP contribution in [0, 0.1) is 0 Å². The Kier molecular flexibility index (Phi) is 7.35. The van der Waals surface area contributed by atoms with E-state index in [0.717, 1.165) is 0 Å². The van der Waals surface area contributed by atoms with Gasteiger partial charge in [-0.15, -0.1) is 0 Å². The smallest absolute Gasteiger partial charge is 0.262 e. The summed E-state index contributed by atoms with van der Waals surface area (Å²) < 4.78 is 12.7. The van der Waals surface area contributed by atoms with E-state index in [0.29, 0.717) is 53.0 Å². The number of nitrogens with zero attached hydrogens (tertiary/aromatic N) is 2. The van der Waals surface area contributed by atoms with Crippen LogP contribution in [0.5, 0.6) is 11.5 Å². The molecule has 30 heavy (non-hydrogen) atoms. The molecule has 7 nitrogen and oxygen atoms in total. The Morgan fingerprint density at radius 2 is 1.87 bits per heavy atom. The molecule has 0 atom stereocenters. The van der Waals surface area contributed by atoms with Gasteiger partial charge in [0.05, 0.1) is 35.6 Å². The Hall–Kier alpha value is -3.00. The minimum absolute atomic E-state index is 0.103. The molecule has 0 bridgehead atoms. The van der Waals surface area contributed by atoms with Crippen LogP contribution in [0.15, 0.2) is 52.4 Å². The van der Waals surface area contributed by atoms with Crippen LogP contribution in [0.2, 0.25) is 0 Å². The van der Waals surface area contributed by atoms with Gasteiger partial charge < -0.3 is 14.8 Å². The minimum Gasteiger partial charge on any atom is -0.494 e. The van der Waals surface area contributed by atoms with E-state index in [1.165, 1.54) is 11.8 Å². The maximum Gasteiger partial charge on any atom is 0.262 e. The number of ether oxygens (including phenoxy) is 2. The maximum absolute atomic E-state index is 12.7. The second-order valence-electron chi connectivity index (χ2n) is 6.32. The van der Waals surface area contributed by atoms with Gasteiger partial charge in [0.2, 0.25) is 5.91 Å². The monoisotopic (exact) mass is 427 g/mol. The van der Waals surface area contributed by atoms with Crippen molar-refractivity contribution in [2.75, 3.05) is 24.3 Å². The van der Waals surface area contributed by atoms with E-state index in [-0.39, 0.29) is 17.2 Å². The molecule has 0 radical (unpaired) electrons. The number of benzene rings is 2. The topological polar surface area (TPSA) is 82.5 Å². The fraction of sp³-hybridized carbons (Fsp3) is 0.318. The molecule has 2 aromatic carbocycles. The van der Waals surface area contributed by atoms with Gasteiger partial charge in [-0.05, 0) is 45.0 Å². The Labute approximate surface area is 179 Å². The van der Waals surface area contributed by atoms with Gasteiger partial charge in [0.25, 0.3) is 5.56 Å². The molecule has 1 N–H and O–H groups in total. The minimum atomic E-state index is -0.223. The summed E-state index contributed by atoms with van der Waals surface area (Å²) in [7, 11) is 0. The molecule has 1 heterocycles. The normalized spacial score (nSPS) is 10.8. The lowest BCUT2D eigenvalue weighted by atomic mass is 10.2. The first kappa shape index (κ1) is 21.7. The zero-order valence-corrected chi connectivity index (χ0v) is 18.1. The van der Waals surface area contributed by atoms with Crippen LogP contribution in [0.3, 0.4) is 0 Å². The van der Waals surface area contributed by atoms with Crippen LogP contribution in [0.4, 0.5) is 5.69 Å². The molecule has 0 saturated carbocycles. The Balaban J connectivity index is 1.78. The van der Waals surface area contributed by atoms with Crippen molar-refractivity contribution in [3.05, 3.63) is 52.8 Å². The highest BCUT2D eigenvalue weighted by molar-refractivity contribution is 7.99. The number of para-hydroxylation sites is 1. The first-order chi connectivity index (χ1) is 14.6. The van der Waals surface area contributed by atoms with E-state index in [1.54, 1.807) is 34.9 Å². The molecule has 3 rings (SSSR count). The van der Waals surface area contributed by atoms with Gasteiger partial charge in [-0.1, -0.05) is 23.9 Å². The lowest BCUT2D eigenvalue weighted by molar-refractivity contribution is -0.113. The largest absolute Gasteiger partial charge is 0.494 e.